The standard InChI is InChI=1S/C17H13ClF3N3/c1-24-15(10-11-2-8-14(18)9-3-11)22-23-16(24)12-4-6-13(7-5-12)17(19,20)21/h2-9H,10H2,1H3. The number of rotatable bonds is 3. The lowest BCUT2D eigenvalue weighted by molar-refractivity contribution is -0.137. The third kappa shape index (κ3) is 3.43. The summed E-state index contributed by atoms with van der Waals surface area (Å²) < 4.78 is 39.7. The first-order chi connectivity index (χ1) is 11.3. The predicted octanol–water partition coefficient (Wildman–Crippen LogP) is 4.75. The number of aromatic nitrogens is 3. The van der Waals surface area contributed by atoms with Crippen LogP contribution in [0.4, 0.5) is 13.2 Å². The second-order valence-electron chi connectivity index (χ2n) is 5.38. The summed E-state index contributed by atoms with van der Waals surface area (Å²) in [6, 6.07) is 12.3. The molecule has 3 nitrogen and oxygen atoms in total. The van der Waals surface area contributed by atoms with Crippen LogP contribution in [0.3, 0.4) is 0 Å². The fourth-order valence-electron chi connectivity index (χ4n) is 2.36. The summed E-state index contributed by atoms with van der Waals surface area (Å²) in [5, 5.41) is 8.89. The van der Waals surface area contributed by atoms with Gasteiger partial charge in [-0.3, -0.25) is 0 Å². The van der Waals surface area contributed by atoms with Crippen LogP contribution in [0.1, 0.15) is 17.0 Å². The van der Waals surface area contributed by atoms with Crippen molar-refractivity contribution >= 4 is 11.6 Å². The number of benzene rings is 2. The Kier molecular flexibility index (Phi) is 4.32. The first-order valence-electron chi connectivity index (χ1n) is 7.15. The maximum absolute atomic E-state index is 12.6. The average Bonchev–Trinajstić information content (AvgIpc) is 2.90. The Hall–Kier alpha value is -2.34. The minimum Gasteiger partial charge on any atom is -0.314 e. The van der Waals surface area contributed by atoms with Crippen molar-refractivity contribution in [2.45, 2.75) is 12.6 Å². The minimum absolute atomic E-state index is 0.521. The Balaban J connectivity index is 1.85. The van der Waals surface area contributed by atoms with Crippen LogP contribution < -0.4 is 0 Å². The molecule has 1 heterocycles. The maximum Gasteiger partial charge on any atom is 0.416 e. The molecule has 0 saturated carbocycles. The van der Waals surface area contributed by atoms with Crippen LogP contribution in [0.25, 0.3) is 11.4 Å². The highest BCUT2D eigenvalue weighted by molar-refractivity contribution is 6.30. The number of hydrogen-bond acceptors (Lipinski definition) is 2. The van der Waals surface area contributed by atoms with Crippen LogP contribution in [0, 0.1) is 0 Å². The van der Waals surface area contributed by atoms with Crippen molar-refractivity contribution in [1.29, 1.82) is 0 Å². The highest BCUT2D eigenvalue weighted by Crippen LogP contribution is 2.30. The van der Waals surface area contributed by atoms with Crippen LogP contribution >= 0.6 is 11.6 Å². The molecule has 3 aromatic rings. The minimum atomic E-state index is -4.35. The zero-order chi connectivity index (χ0) is 17.3. The van der Waals surface area contributed by atoms with Gasteiger partial charge in [0.15, 0.2) is 5.82 Å². The third-order valence-corrected chi connectivity index (χ3v) is 3.96. The molecule has 2 aromatic carbocycles. The molecule has 0 radical (unpaired) electrons. The van der Waals surface area contributed by atoms with Gasteiger partial charge >= 0.3 is 6.18 Å². The van der Waals surface area contributed by atoms with Gasteiger partial charge in [-0.05, 0) is 29.8 Å². The Morgan fingerprint density at radius 2 is 1.58 bits per heavy atom. The fraction of sp³-hybridized carbons (Fsp3) is 0.176. The van der Waals surface area contributed by atoms with E-state index in [0.29, 0.717) is 28.7 Å². The monoisotopic (exact) mass is 351 g/mol. The van der Waals surface area contributed by atoms with Crippen molar-refractivity contribution in [2.24, 2.45) is 7.05 Å². The molecule has 24 heavy (non-hydrogen) atoms. The van der Waals surface area contributed by atoms with E-state index >= 15 is 0 Å². The molecule has 0 aliphatic heterocycles. The van der Waals surface area contributed by atoms with E-state index in [-0.39, 0.29) is 0 Å². The van der Waals surface area contributed by atoms with Gasteiger partial charge < -0.3 is 4.57 Å². The van der Waals surface area contributed by atoms with Crippen molar-refractivity contribution in [3.63, 3.8) is 0 Å². The van der Waals surface area contributed by atoms with E-state index in [2.05, 4.69) is 10.2 Å². The van der Waals surface area contributed by atoms with E-state index < -0.39 is 11.7 Å². The molecule has 0 saturated heterocycles. The van der Waals surface area contributed by atoms with Crippen molar-refractivity contribution < 1.29 is 13.2 Å². The van der Waals surface area contributed by atoms with Crippen LogP contribution in [-0.4, -0.2) is 14.8 Å². The van der Waals surface area contributed by atoms with Crippen LogP contribution in [-0.2, 0) is 19.6 Å². The van der Waals surface area contributed by atoms with Crippen molar-refractivity contribution in [1.82, 2.24) is 14.8 Å². The molecule has 0 aliphatic rings. The molecule has 7 heteroatoms. The molecule has 0 aliphatic carbocycles. The fourth-order valence-corrected chi connectivity index (χ4v) is 2.49. The Labute approximate surface area is 141 Å². The molecule has 0 amide bonds. The summed E-state index contributed by atoms with van der Waals surface area (Å²) >= 11 is 5.86. The Morgan fingerprint density at radius 3 is 2.17 bits per heavy atom. The molecular weight excluding hydrogens is 339 g/mol. The smallest absolute Gasteiger partial charge is 0.314 e. The van der Waals surface area contributed by atoms with Crippen LogP contribution in [0.2, 0.25) is 5.02 Å². The third-order valence-electron chi connectivity index (χ3n) is 3.71. The van der Waals surface area contributed by atoms with Gasteiger partial charge in [0.2, 0.25) is 0 Å². The largest absolute Gasteiger partial charge is 0.416 e. The van der Waals surface area contributed by atoms with Crippen LogP contribution in [0.15, 0.2) is 48.5 Å². The SMILES string of the molecule is Cn1c(Cc2ccc(Cl)cc2)nnc1-c1ccc(C(F)(F)F)cc1. The lowest BCUT2D eigenvalue weighted by Gasteiger charge is -2.08. The van der Waals surface area contributed by atoms with E-state index in [1.165, 1.54) is 12.1 Å². The molecule has 124 valence electrons. The molecule has 1 aromatic heterocycles. The van der Waals surface area contributed by atoms with Gasteiger partial charge in [0.1, 0.15) is 5.82 Å². The average molecular weight is 352 g/mol. The molecule has 0 bridgehead atoms. The van der Waals surface area contributed by atoms with Crippen molar-refractivity contribution in [3.05, 3.63) is 70.5 Å². The molecule has 0 atom stereocenters. The number of alkyl halides is 3. The number of hydrogen-bond donors (Lipinski definition) is 0. The van der Waals surface area contributed by atoms with Gasteiger partial charge in [0.25, 0.3) is 0 Å². The first kappa shape index (κ1) is 16.5. The highest BCUT2D eigenvalue weighted by atomic mass is 35.5. The summed E-state index contributed by atoms with van der Waals surface area (Å²) in [4.78, 5) is 0. The maximum atomic E-state index is 12.6. The quantitative estimate of drug-likeness (QED) is 0.682. The molecule has 0 N–H and O–H groups in total. The van der Waals surface area contributed by atoms with Gasteiger partial charge in [-0.1, -0.05) is 35.9 Å². The normalized spacial score (nSPS) is 11.7. The first-order valence-corrected chi connectivity index (χ1v) is 7.53. The van der Waals surface area contributed by atoms with Crippen LogP contribution in [0.5, 0.6) is 0 Å². The van der Waals surface area contributed by atoms with Gasteiger partial charge in [-0.2, -0.15) is 13.2 Å². The summed E-state index contributed by atoms with van der Waals surface area (Å²) in [6.07, 6.45) is -3.79. The van der Waals surface area contributed by atoms with E-state index in [0.717, 1.165) is 17.7 Å². The van der Waals surface area contributed by atoms with Gasteiger partial charge in [0.05, 0.1) is 5.56 Å². The van der Waals surface area contributed by atoms with Gasteiger partial charge in [0, 0.05) is 24.1 Å². The number of halogens is 4. The van der Waals surface area contributed by atoms with Crippen molar-refractivity contribution in [2.75, 3.05) is 0 Å². The Bertz CT molecular complexity index is 837. The second kappa shape index (κ2) is 6.28. The lowest BCUT2D eigenvalue weighted by atomic mass is 10.1. The number of nitrogens with zero attached hydrogens (tertiary/aromatic N) is 3. The summed E-state index contributed by atoms with van der Waals surface area (Å²) in [5.74, 6) is 1.24. The zero-order valence-electron chi connectivity index (χ0n) is 12.7. The van der Waals surface area contributed by atoms with Gasteiger partial charge in [-0.15, -0.1) is 10.2 Å². The molecule has 0 fully saturated rings. The van der Waals surface area contributed by atoms with E-state index in [1.54, 1.807) is 23.7 Å². The molecular formula is C17H13ClF3N3. The van der Waals surface area contributed by atoms with E-state index in [1.807, 2.05) is 12.1 Å². The summed E-state index contributed by atoms with van der Waals surface area (Å²) in [7, 11) is 1.79. The topological polar surface area (TPSA) is 30.7 Å². The molecule has 0 unspecified atom stereocenters. The molecule has 3 rings (SSSR count). The zero-order valence-corrected chi connectivity index (χ0v) is 13.4. The Morgan fingerprint density at radius 1 is 0.958 bits per heavy atom. The highest BCUT2D eigenvalue weighted by Gasteiger charge is 2.30. The predicted molar refractivity (Wildman–Crippen MR) is 85.7 cm³/mol. The summed E-state index contributed by atoms with van der Waals surface area (Å²) in [5.41, 5.74) is 0.920. The van der Waals surface area contributed by atoms with E-state index in [9.17, 15) is 13.2 Å². The lowest BCUT2D eigenvalue weighted by Crippen LogP contribution is -2.04. The summed E-state index contributed by atoms with van der Waals surface area (Å²) in [6.45, 7) is 0. The second-order valence-corrected chi connectivity index (χ2v) is 5.81. The van der Waals surface area contributed by atoms with Gasteiger partial charge in [-0.25, -0.2) is 0 Å². The van der Waals surface area contributed by atoms with Crippen molar-refractivity contribution in [3.8, 4) is 11.4 Å². The molecule has 0 spiro atoms. The van der Waals surface area contributed by atoms with E-state index in [4.69, 9.17) is 11.6 Å².